The number of hydrogen-bond donors (Lipinski definition) is 3. The van der Waals surface area contributed by atoms with Gasteiger partial charge in [0.05, 0.1) is 7.11 Å². The van der Waals surface area contributed by atoms with Gasteiger partial charge >= 0.3 is 0 Å². The predicted molar refractivity (Wildman–Crippen MR) is 112 cm³/mol. The Hall–Kier alpha value is -2.90. The Morgan fingerprint density at radius 2 is 1.76 bits per heavy atom. The largest absolute Gasteiger partial charge is 0.497 e. The lowest BCUT2D eigenvalue weighted by Crippen LogP contribution is -2.47. The van der Waals surface area contributed by atoms with Crippen LogP contribution in [0.1, 0.15) is 22.0 Å². The molecule has 1 fully saturated rings. The number of nitrogens with zero attached hydrogens (tertiary/aromatic N) is 1. The summed E-state index contributed by atoms with van der Waals surface area (Å²) in [4.78, 5) is 27.9. The van der Waals surface area contributed by atoms with Crippen LogP contribution < -0.4 is 20.7 Å². The third-order valence-electron chi connectivity index (χ3n) is 4.96. The average molecular weight is 396 g/mol. The highest BCUT2D eigenvalue weighted by molar-refractivity contribution is 5.98. The molecular weight excluding hydrogens is 368 g/mol. The van der Waals surface area contributed by atoms with Crippen LogP contribution >= 0.6 is 0 Å². The maximum atomic E-state index is 12.9. The SMILES string of the molecule is COc1ccc(C(=O)NC(C(=O)NCCN2CCNCC2)c2ccccc2)cc1. The molecule has 154 valence electrons. The minimum absolute atomic E-state index is 0.215. The van der Waals surface area contributed by atoms with Gasteiger partial charge in [-0.1, -0.05) is 30.3 Å². The van der Waals surface area contributed by atoms with Crippen LogP contribution in [0.4, 0.5) is 0 Å². The van der Waals surface area contributed by atoms with E-state index in [4.69, 9.17) is 4.74 Å². The van der Waals surface area contributed by atoms with Gasteiger partial charge in [-0.25, -0.2) is 0 Å². The maximum Gasteiger partial charge on any atom is 0.252 e. The van der Waals surface area contributed by atoms with Crippen molar-refractivity contribution >= 4 is 11.8 Å². The van der Waals surface area contributed by atoms with E-state index in [1.165, 1.54) is 0 Å². The van der Waals surface area contributed by atoms with E-state index in [1.807, 2.05) is 30.3 Å². The predicted octanol–water partition coefficient (Wildman–Crippen LogP) is 1.19. The van der Waals surface area contributed by atoms with E-state index >= 15 is 0 Å². The monoisotopic (exact) mass is 396 g/mol. The number of carbonyl (C=O) groups is 2. The van der Waals surface area contributed by atoms with Crippen molar-refractivity contribution in [2.75, 3.05) is 46.4 Å². The molecule has 1 aliphatic heterocycles. The highest BCUT2D eigenvalue weighted by Gasteiger charge is 2.23. The molecule has 2 aromatic carbocycles. The van der Waals surface area contributed by atoms with Crippen LogP contribution in [0.25, 0.3) is 0 Å². The Labute approximate surface area is 171 Å². The van der Waals surface area contributed by atoms with Crippen molar-refractivity contribution in [1.29, 1.82) is 0 Å². The van der Waals surface area contributed by atoms with Gasteiger partial charge in [0.2, 0.25) is 5.91 Å². The molecule has 1 heterocycles. The van der Waals surface area contributed by atoms with Gasteiger partial charge in [0.15, 0.2) is 0 Å². The summed E-state index contributed by atoms with van der Waals surface area (Å²) in [6, 6.07) is 15.3. The number of piperazine rings is 1. The van der Waals surface area contributed by atoms with E-state index in [2.05, 4.69) is 20.9 Å². The molecule has 2 amide bonds. The Balaban J connectivity index is 1.63. The molecule has 3 N–H and O–H groups in total. The van der Waals surface area contributed by atoms with Gasteiger partial charge in [0.1, 0.15) is 11.8 Å². The second-order valence-corrected chi connectivity index (χ2v) is 6.93. The van der Waals surface area contributed by atoms with Crippen LogP contribution in [0.15, 0.2) is 54.6 Å². The second-order valence-electron chi connectivity index (χ2n) is 6.93. The van der Waals surface area contributed by atoms with Gasteiger partial charge in [-0.05, 0) is 29.8 Å². The van der Waals surface area contributed by atoms with Gasteiger partial charge in [-0.3, -0.25) is 14.5 Å². The number of amides is 2. The molecule has 3 rings (SSSR count). The third-order valence-corrected chi connectivity index (χ3v) is 4.96. The zero-order valence-electron chi connectivity index (χ0n) is 16.7. The molecule has 7 heteroatoms. The van der Waals surface area contributed by atoms with Gasteiger partial charge in [-0.15, -0.1) is 0 Å². The number of nitrogens with one attached hydrogen (secondary N) is 3. The average Bonchev–Trinajstić information content (AvgIpc) is 2.78. The number of benzene rings is 2. The lowest BCUT2D eigenvalue weighted by molar-refractivity contribution is -0.123. The first kappa shape index (κ1) is 20.8. The van der Waals surface area contributed by atoms with Gasteiger partial charge in [0, 0.05) is 44.8 Å². The summed E-state index contributed by atoms with van der Waals surface area (Å²) in [5, 5.41) is 9.14. The lowest BCUT2D eigenvalue weighted by atomic mass is 10.1. The van der Waals surface area contributed by atoms with Crippen molar-refractivity contribution in [3.63, 3.8) is 0 Å². The van der Waals surface area contributed by atoms with E-state index < -0.39 is 6.04 Å². The summed E-state index contributed by atoms with van der Waals surface area (Å²) in [5.41, 5.74) is 1.22. The Morgan fingerprint density at radius 3 is 2.41 bits per heavy atom. The highest BCUT2D eigenvalue weighted by atomic mass is 16.5. The number of hydrogen-bond acceptors (Lipinski definition) is 5. The Bertz CT molecular complexity index is 789. The molecular formula is C22H28N4O3. The summed E-state index contributed by atoms with van der Waals surface area (Å²) in [7, 11) is 1.57. The smallest absolute Gasteiger partial charge is 0.252 e. The van der Waals surface area contributed by atoms with Crippen molar-refractivity contribution in [2.24, 2.45) is 0 Å². The Morgan fingerprint density at radius 1 is 1.07 bits per heavy atom. The third kappa shape index (κ3) is 6.04. The molecule has 0 bridgehead atoms. The number of ether oxygens (including phenoxy) is 1. The molecule has 2 aromatic rings. The molecule has 0 radical (unpaired) electrons. The zero-order valence-corrected chi connectivity index (χ0v) is 16.7. The zero-order chi connectivity index (χ0) is 20.5. The first-order valence-electron chi connectivity index (χ1n) is 9.88. The summed E-state index contributed by atoms with van der Waals surface area (Å²) in [5.74, 6) is 0.152. The topological polar surface area (TPSA) is 82.7 Å². The Kier molecular flexibility index (Phi) is 7.61. The van der Waals surface area contributed by atoms with Crippen molar-refractivity contribution in [3.8, 4) is 5.75 Å². The van der Waals surface area contributed by atoms with Crippen molar-refractivity contribution in [2.45, 2.75) is 6.04 Å². The lowest BCUT2D eigenvalue weighted by Gasteiger charge is -2.27. The van der Waals surface area contributed by atoms with Crippen LogP contribution in [0.3, 0.4) is 0 Å². The fraction of sp³-hybridized carbons (Fsp3) is 0.364. The van der Waals surface area contributed by atoms with Gasteiger partial charge < -0.3 is 20.7 Å². The number of carbonyl (C=O) groups excluding carboxylic acids is 2. The van der Waals surface area contributed by atoms with Crippen LogP contribution in [-0.2, 0) is 4.79 Å². The molecule has 29 heavy (non-hydrogen) atoms. The van der Waals surface area contributed by atoms with Crippen LogP contribution in [0.5, 0.6) is 5.75 Å². The van der Waals surface area contributed by atoms with E-state index in [0.29, 0.717) is 17.9 Å². The van der Waals surface area contributed by atoms with E-state index in [1.54, 1.807) is 31.4 Å². The first-order valence-corrected chi connectivity index (χ1v) is 9.88. The molecule has 1 unspecified atom stereocenters. The van der Waals surface area contributed by atoms with Crippen molar-refractivity contribution in [3.05, 3.63) is 65.7 Å². The first-order chi connectivity index (χ1) is 14.2. The van der Waals surface area contributed by atoms with Crippen LogP contribution in [-0.4, -0.2) is 63.1 Å². The standard InChI is InChI=1S/C22H28N4O3/c1-29-19-9-7-18(8-10-19)21(27)25-20(17-5-3-2-4-6-17)22(28)24-13-16-26-14-11-23-12-15-26/h2-10,20,23H,11-16H2,1H3,(H,24,28)(H,25,27). The van der Waals surface area contributed by atoms with Crippen molar-refractivity contribution < 1.29 is 14.3 Å². The fourth-order valence-corrected chi connectivity index (χ4v) is 3.28. The van der Waals surface area contributed by atoms with Crippen LogP contribution in [0.2, 0.25) is 0 Å². The van der Waals surface area contributed by atoms with Crippen LogP contribution in [0, 0.1) is 0 Å². The van der Waals surface area contributed by atoms with E-state index in [-0.39, 0.29) is 11.8 Å². The molecule has 1 saturated heterocycles. The second kappa shape index (κ2) is 10.6. The highest BCUT2D eigenvalue weighted by Crippen LogP contribution is 2.16. The molecule has 0 spiro atoms. The van der Waals surface area contributed by atoms with E-state index in [9.17, 15) is 9.59 Å². The summed E-state index contributed by atoms with van der Waals surface area (Å²) < 4.78 is 5.13. The van der Waals surface area contributed by atoms with E-state index in [0.717, 1.165) is 38.3 Å². The van der Waals surface area contributed by atoms with Gasteiger partial charge in [-0.2, -0.15) is 0 Å². The number of rotatable bonds is 8. The molecule has 0 aromatic heterocycles. The molecule has 7 nitrogen and oxygen atoms in total. The summed E-state index contributed by atoms with van der Waals surface area (Å²) in [6.45, 7) is 5.23. The number of methoxy groups -OCH3 is 1. The maximum absolute atomic E-state index is 12.9. The van der Waals surface area contributed by atoms with Crippen molar-refractivity contribution in [1.82, 2.24) is 20.9 Å². The molecule has 0 aliphatic carbocycles. The summed E-state index contributed by atoms with van der Waals surface area (Å²) in [6.07, 6.45) is 0. The quantitative estimate of drug-likeness (QED) is 0.624. The molecule has 1 aliphatic rings. The fourth-order valence-electron chi connectivity index (χ4n) is 3.28. The molecule has 1 atom stereocenters. The van der Waals surface area contributed by atoms with Gasteiger partial charge in [0.25, 0.3) is 5.91 Å². The minimum atomic E-state index is -0.756. The summed E-state index contributed by atoms with van der Waals surface area (Å²) >= 11 is 0. The molecule has 0 saturated carbocycles. The minimum Gasteiger partial charge on any atom is -0.497 e. The normalized spacial score (nSPS) is 15.3.